The van der Waals surface area contributed by atoms with Gasteiger partial charge in [-0.25, -0.2) is 4.98 Å². The molecule has 0 radical (unpaired) electrons. The van der Waals surface area contributed by atoms with Gasteiger partial charge in [-0.15, -0.1) is 0 Å². The fourth-order valence-electron chi connectivity index (χ4n) is 1.92. The number of hydrogen-bond acceptors (Lipinski definition) is 3. The molecule has 0 saturated carbocycles. The van der Waals surface area contributed by atoms with Crippen molar-refractivity contribution >= 4 is 16.8 Å². The maximum Gasteiger partial charge on any atom is 0.269 e. The molecule has 1 amide bonds. The zero-order valence-corrected chi connectivity index (χ0v) is 9.42. The van der Waals surface area contributed by atoms with Crippen LogP contribution < -0.4 is 5.73 Å². The van der Waals surface area contributed by atoms with Crippen LogP contribution in [-0.4, -0.2) is 20.9 Å². The van der Waals surface area contributed by atoms with Crippen LogP contribution in [0.2, 0.25) is 0 Å². The molecule has 0 bridgehead atoms. The van der Waals surface area contributed by atoms with E-state index in [0.717, 1.165) is 16.6 Å². The molecule has 88 valence electrons. The van der Waals surface area contributed by atoms with Crippen molar-refractivity contribution in [2.45, 2.75) is 0 Å². The van der Waals surface area contributed by atoms with Gasteiger partial charge in [-0.05, 0) is 12.1 Å². The lowest BCUT2D eigenvalue weighted by Gasteiger charge is -2.01. The second kappa shape index (κ2) is 3.96. The monoisotopic (exact) mass is 238 g/mol. The molecule has 0 spiro atoms. The Labute approximate surface area is 103 Å². The minimum atomic E-state index is -0.586. The smallest absolute Gasteiger partial charge is 0.269 e. The normalized spacial score (nSPS) is 10.7. The van der Waals surface area contributed by atoms with Crippen molar-refractivity contribution in [3.05, 3.63) is 48.4 Å². The minimum Gasteiger partial charge on any atom is -0.364 e. The number of H-pyrrole nitrogens is 1. The highest BCUT2D eigenvalue weighted by molar-refractivity contribution is 5.97. The summed E-state index contributed by atoms with van der Waals surface area (Å²) in [7, 11) is 0. The van der Waals surface area contributed by atoms with Gasteiger partial charge in [0.25, 0.3) is 5.91 Å². The molecule has 3 aromatic rings. The second-order valence-corrected chi connectivity index (χ2v) is 3.89. The summed E-state index contributed by atoms with van der Waals surface area (Å²) in [5, 5.41) is 1.05. The fraction of sp³-hybridized carbons (Fsp3) is 0. The summed E-state index contributed by atoms with van der Waals surface area (Å²) in [6, 6.07) is 9.75. The fourth-order valence-corrected chi connectivity index (χ4v) is 1.92. The third-order valence-electron chi connectivity index (χ3n) is 2.72. The van der Waals surface area contributed by atoms with Gasteiger partial charge in [-0.2, -0.15) is 0 Å². The summed E-state index contributed by atoms with van der Waals surface area (Å²) < 4.78 is 0. The molecule has 3 N–H and O–H groups in total. The number of para-hydroxylation sites is 1. The molecule has 5 nitrogen and oxygen atoms in total. The van der Waals surface area contributed by atoms with Crippen LogP contribution >= 0.6 is 0 Å². The Balaban J connectivity index is 2.23. The molecule has 0 fully saturated rings. The van der Waals surface area contributed by atoms with E-state index in [2.05, 4.69) is 15.0 Å². The van der Waals surface area contributed by atoms with E-state index < -0.39 is 5.91 Å². The molecule has 0 aliphatic heterocycles. The molecule has 0 saturated heterocycles. The molecule has 0 unspecified atom stereocenters. The molecular weight excluding hydrogens is 228 g/mol. The predicted molar refractivity (Wildman–Crippen MR) is 67.8 cm³/mol. The van der Waals surface area contributed by atoms with Crippen molar-refractivity contribution in [2.24, 2.45) is 5.73 Å². The highest BCUT2D eigenvalue weighted by Crippen LogP contribution is 2.23. The molecule has 2 heterocycles. The Bertz CT molecular complexity index is 699. The van der Waals surface area contributed by atoms with E-state index in [4.69, 9.17) is 5.73 Å². The molecular formula is C13H10N4O. The molecule has 18 heavy (non-hydrogen) atoms. The Morgan fingerprint density at radius 3 is 2.72 bits per heavy atom. The zero-order valence-electron chi connectivity index (χ0n) is 9.42. The van der Waals surface area contributed by atoms with Gasteiger partial charge in [-0.1, -0.05) is 18.2 Å². The lowest BCUT2D eigenvalue weighted by atomic mass is 10.2. The predicted octanol–water partition coefficient (Wildman–Crippen LogP) is 1.72. The first kappa shape index (κ1) is 10.5. The van der Waals surface area contributed by atoms with E-state index in [9.17, 15) is 4.79 Å². The third kappa shape index (κ3) is 1.62. The van der Waals surface area contributed by atoms with Crippen molar-refractivity contribution < 1.29 is 4.79 Å². The summed E-state index contributed by atoms with van der Waals surface area (Å²) in [5.41, 5.74) is 7.65. The average Bonchev–Trinajstić information content (AvgIpc) is 2.82. The van der Waals surface area contributed by atoms with Crippen molar-refractivity contribution in [2.75, 3.05) is 0 Å². The van der Waals surface area contributed by atoms with E-state index in [-0.39, 0.29) is 5.69 Å². The lowest BCUT2D eigenvalue weighted by Crippen LogP contribution is -2.15. The SMILES string of the molecule is NC(=O)c1nccnc1-c1cc2ccccc2[nH]1. The van der Waals surface area contributed by atoms with E-state index >= 15 is 0 Å². The molecule has 0 aliphatic rings. The van der Waals surface area contributed by atoms with Crippen LogP contribution in [0.15, 0.2) is 42.7 Å². The number of benzene rings is 1. The number of primary amides is 1. The van der Waals surface area contributed by atoms with Crippen LogP contribution in [0, 0.1) is 0 Å². The summed E-state index contributed by atoms with van der Waals surface area (Å²) in [6.07, 6.45) is 2.99. The Morgan fingerprint density at radius 1 is 1.17 bits per heavy atom. The largest absolute Gasteiger partial charge is 0.364 e. The molecule has 1 aromatic carbocycles. The van der Waals surface area contributed by atoms with Crippen LogP contribution in [0.5, 0.6) is 0 Å². The number of carbonyl (C=O) groups excluding carboxylic acids is 1. The number of fused-ring (bicyclic) bond motifs is 1. The first-order valence-corrected chi connectivity index (χ1v) is 5.44. The van der Waals surface area contributed by atoms with Crippen molar-refractivity contribution in [1.82, 2.24) is 15.0 Å². The number of nitrogens with one attached hydrogen (secondary N) is 1. The van der Waals surface area contributed by atoms with Crippen LogP contribution in [0.4, 0.5) is 0 Å². The lowest BCUT2D eigenvalue weighted by molar-refractivity contribution is 0.0996. The van der Waals surface area contributed by atoms with Gasteiger partial charge in [0.2, 0.25) is 0 Å². The summed E-state index contributed by atoms with van der Waals surface area (Å²) in [6.45, 7) is 0. The molecule has 5 heteroatoms. The number of carbonyl (C=O) groups is 1. The van der Waals surface area contributed by atoms with E-state index in [1.807, 2.05) is 30.3 Å². The minimum absolute atomic E-state index is 0.170. The first-order chi connectivity index (χ1) is 8.75. The van der Waals surface area contributed by atoms with E-state index in [1.54, 1.807) is 0 Å². The van der Waals surface area contributed by atoms with E-state index in [0.29, 0.717) is 5.69 Å². The van der Waals surface area contributed by atoms with Crippen LogP contribution in [0.1, 0.15) is 10.5 Å². The average molecular weight is 238 g/mol. The first-order valence-electron chi connectivity index (χ1n) is 5.44. The van der Waals surface area contributed by atoms with E-state index in [1.165, 1.54) is 12.4 Å². The third-order valence-corrected chi connectivity index (χ3v) is 2.72. The Morgan fingerprint density at radius 2 is 1.94 bits per heavy atom. The molecule has 0 aliphatic carbocycles. The van der Waals surface area contributed by atoms with Gasteiger partial charge in [0.15, 0.2) is 5.69 Å². The van der Waals surface area contributed by atoms with Crippen molar-refractivity contribution in [1.29, 1.82) is 0 Å². The zero-order chi connectivity index (χ0) is 12.5. The highest BCUT2D eigenvalue weighted by atomic mass is 16.1. The van der Waals surface area contributed by atoms with Gasteiger partial charge in [0.1, 0.15) is 5.69 Å². The van der Waals surface area contributed by atoms with Gasteiger partial charge in [0.05, 0.1) is 5.69 Å². The number of hydrogen-bond donors (Lipinski definition) is 2. The summed E-state index contributed by atoms with van der Waals surface area (Å²) >= 11 is 0. The number of amides is 1. The molecule has 2 aromatic heterocycles. The van der Waals surface area contributed by atoms with Crippen LogP contribution in [0.25, 0.3) is 22.3 Å². The van der Waals surface area contributed by atoms with Crippen LogP contribution in [0.3, 0.4) is 0 Å². The number of nitrogens with zero attached hydrogens (tertiary/aromatic N) is 2. The Hall–Kier alpha value is -2.69. The quantitative estimate of drug-likeness (QED) is 0.712. The standard InChI is InChI=1S/C13H10N4O/c14-13(18)12-11(15-5-6-16-12)10-7-8-3-1-2-4-9(8)17-10/h1-7,17H,(H2,14,18). The van der Waals surface area contributed by atoms with Crippen molar-refractivity contribution in [3.63, 3.8) is 0 Å². The maximum atomic E-state index is 11.3. The Kier molecular flexibility index (Phi) is 2.30. The van der Waals surface area contributed by atoms with Crippen LogP contribution in [-0.2, 0) is 0 Å². The number of aromatic amines is 1. The molecule has 3 rings (SSSR count). The summed E-state index contributed by atoms with van der Waals surface area (Å²) in [5.74, 6) is -0.586. The van der Waals surface area contributed by atoms with Gasteiger partial charge >= 0.3 is 0 Å². The number of rotatable bonds is 2. The maximum absolute atomic E-state index is 11.3. The molecule has 0 atom stereocenters. The number of aromatic nitrogens is 3. The summed E-state index contributed by atoms with van der Waals surface area (Å²) in [4.78, 5) is 22.7. The highest BCUT2D eigenvalue weighted by Gasteiger charge is 2.14. The van der Waals surface area contributed by atoms with Gasteiger partial charge in [-0.3, -0.25) is 9.78 Å². The van der Waals surface area contributed by atoms with Gasteiger partial charge in [0, 0.05) is 23.3 Å². The van der Waals surface area contributed by atoms with Crippen molar-refractivity contribution in [3.8, 4) is 11.4 Å². The van der Waals surface area contributed by atoms with Gasteiger partial charge < -0.3 is 10.7 Å². The second-order valence-electron chi connectivity index (χ2n) is 3.89. The topological polar surface area (TPSA) is 84.7 Å². The number of nitrogens with two attached hydrogens (primary N) is 1.